The number of anilines is 2. The van der Waals surface area contributed by atoms with E-state index in [1.54, 1.807) is 24.3 Å². The first kappa shape index (κ1) is 15.7. The Bertz CT molecular complexity index is 914. The maximum Gasteiger partial charge on any atom is 0.255 e. The van der Waals surface area contributed by atoms with Crippen molar-refractivity contribution in [2.75, 3.05) is 10.6 Å². The molecular weight excluding hydrogens is 304 g/mol. The summed E-state index contributed by atoms with van der Waals surface area (Å²) in [5.41, 5.74) is 3.50. The topological polar surface area (TPSA) is 86.9 Å². The van der Waals surface area contributed by atoms with Crippen molar-refractivity contribution < 1.29 is 9.59 Å². The summed E-state index contributed by atoms with van der Waals surface area (Å²) in [6, 6.07) is 12.3. The maximum atomic E-state index is 12.4. The summed E-state index contributed by atoms with van der Waals surface area (Å²) < 4.78 is 0. The summed E-state index contributed by atoms with van der Waals surface area (Å²) in [7, 11) is 0. The van der Waals surface area contributed by atoms with Gasteiger partial charge in [-0.25, -0.2) is 4.98 Å². The van der Waals surface area contributed by atoms with E-state index in [2.05, 4.69) is 20.6 Å². The van der Waals surface area contributed by atoms with E-state index in [4.69, 9.17) is 0 Å². The molecular formula is C18H18N4O2. The van der Waals surface area contributed by atoms with Crippen molar-refractivity contribution >= 4 is 34.2 Å². The van der Waals surface area contributed by atoms with Gasteiger partial charge in [0.25, 0.3) is 5.91 Å². The Labute approximate surface area is 139 Å². The molecule has 0 saturated heterocycles. The highest BCUT2D eigenvalue weighted by molar-refractivity contribution is 6.05. The number of nitrogens with one attached hydrogen (secondary N) is 3. The third kappa shape index (κ3) is 3.43. The number of hydrogen-bond acceptors (Lipinski definition) is 3. The predicted molar refractivity (Wildman–Crippen MR) is 94.2 cm³/mol. The molecule has 0 fully saturated rings. The number of carbonyl (C=O) groups excluding carboxylic acids is 2. The lowest BCUT2D eigenvalue weighted by atomic mass is 10.1. The summed E-state index contributed by atoms with van der Waals surface area (Å²) in [4.78, 5) is 31.2. The van der Waals surface area contributed by atoms with E-state index in [1.165, 1.54) is 6.92 Å². The molecule has 0 aliphatic rings. The van der Waals surface area contributed by atoms with Crippen LogP contribution in [0.1, 0.15) is 30.0 Å². The molecule has 0 spiro atoms. The molecule has 1 heterocycles. The van der Waals surface area contributed by atoms with Crippen LogP contribution >= 0.6 is 0 Å². The zero-order valence-corrected chi connectivity index (χ0v) is 13.5. The average Bonchev–Trinajstić information content (AvgIpc) is 2.97. The van der Waals surface area contributed by atoms with Crippen LogP contribution in [0.15, 0.2) is 42.5 Å². The van der Waals surface area contributed by atoms with Crippen LogP contribution in [0, 0.1) is 0 Å². The van der Waals surface area contributed by atoms with Gasteiger partial charge in [0.2, 0.25) is 5.91 Å². The van der Waals surface area contributed by atoms with Crippen molar-refractivity contribution in [1.29, 1.82) is 0 Å². The summed E-state index contributed by atoms with van der Waals surface area (Å²) >= 11 is 0. The lowest BCUT2D eigenvalue weighted by Gasteiger charge is -2.07. The van der Waals surface area contributed by atoms with E-state index in [9.17, 15) is 9.59 Å². The molecule has 0 atom stereocenters. The second-order valence-electron chi connectivity index (χ2n) is 5.49. The molecule has 2 aromatic carbocycles. The Balaban J connectivity index is 1.80. The van der Waals surface area contributed by atoms with Crippen LogP contribution in [-0.2, 0) is 11.2 Å². The van der Waals surface area contributed by atoms with Crippen LogP contribution in [-0.4, -0.2) is 21.8 Å². The zero-order chi connectivity index (χ0) is 17.1. The van der Waals surface area contributed by atoms with Crippen LogP contribution < -0.4 is 10.6 Å². The van der Waals surface area contributed by atoms with Crippen LogP contribution in [0.4, 0.5) is 11.4 Å². The molecule has 0 saturated carbocycles. The first-order chi connectivity index (χ1) is 11.5. The Kier molecular flexibility index (Phi) is 4.29. The number of carbonyl (C=O) groups is 2. The molecule has 6 nitrogen and oxygen atoms in total. The minimum Gasteiger partial charge on any atom is -0.342 e. The highest BCUT2D eigenvalue weighted by Gasteiger charge is 2.09. The van der Waals surface area contributed by atoms with Crippen molar-refractivity contribution in [2.24, 2.45) is 0 Å². The van der Waals surface area contributed by atoms with Gasteiger partial charge in [-0.1, -0.05) is 13.0 Å². The third-order valence-electron chi connectivity index (χ3n) is 3.57. The molecule has 0 bridgehead atoms. The van der Waals surface area contributed by atoms with E-state index in [-0.39, 0.29) is 11.8 Å². The Morgan fingerprint density at radius 1 is 1.08 bits per heavy atom. The highest BCUT2D eigenvalue weighted by atomic mass is 16.2. The molecule has 0 radical (unpaired) electrons. The van der Waals surface area contributed by atoms with Gasteiger partial charge in [0, 0.05) is 30.3 Å². The molecule has 0 aliphatic carbocycles. The number of amides is 2. The van der Waals surface area contributed by atoms with Gasteiger partial charge in [0.05, 0.1) is 11.0 Å². The number of imidazole rings is 1. The number of H-pyrrole nitrogens is 1. The fourth-order valence-corrected chi connectivity index (χ4v) is 2.45. The fraction of sp³-hybridized carbons (Fsp3) is 0.167. The Morgan fingerprint density at radius 2 is 1.88 bits per heavy atom. The number of aryl methyl sites for hydroxylation is 1. The van der Waals surface area contributed by atoms with Crippen molar-refractivity contribution in [3.8, 4) is 0 Å². The molecule has 0 unspecified atom stereocenters. The van der Waals surface area contributed by atoms with Gasteiger partial charge in [0.1, 0.15) is 5.82 Å². The summed E-state index contributed by atoms with van der Waals surface area (Å²) in [5, 5.41) is 5.52. The van der Waals surface area contributed by atoms with Gasteiger partial charge in [-0.15, -0.1) is 0 Å². The SMILES string of the molecule is CCc1nc2ccc(NC(=O)c3cccc(NC(C)=O)c3)cc2[nH]1. The summed E-state index contributed by atoms with van der Waals surface area (Å²) in [6.45, 7) is 3.46. The van der Waals surface area contributed by atoms with Crippen LogP contribution in [0.5, 0.6) is 0 Å². The Hall–Kier alpha value is -3.15. The third-order valence-corrected chi connectivity index (χ3v) is 3.57. The normalized spacial score (nSPS) is 10.6. The minimum absolute atomic E-state index is 0.177. The van der Waals surface area contributed by atoms with Gasteiger partial charge in [-0.3, -0.25) is 9.59 Å². The molecule has 6 heteroatoms. The number of nitrogens with zero attached hydrogens (tertiary/aromatic N) is 1. The molecule has 2 amide bonds. The number of aromatic nitrogens is 2. The number of benzene rings is 2. The van der Waals surface area contributed by atoms with E-state index >= 15 is 0 Å². The smallest absolute Gasteiger partial charge is 0.255 e. The standard InChI is InChI=1S/C18H18N4O2/c1-3-17-21-15-8-7-14(10-16(15)22-17)20-18(24)12-5-4-6-13(9-12)19-11(2)23/h4-10H,3H2,1-2H3,(H,19,23)(H,20,24)(H,21,22). The monoisotopic (exact) mass is 322 g/mol. The molecule has 24 heavy (non-hydrogen) atoms. The van der Waals surface area contributed by atoms with Gasteiger partial charge in [-0.2, -0.15) is 0 Å². The van der Waals surface area contributed by atoms with E-state index in [0.717, 1.165) is 23.3 Å². The van der Waals surface area contributed by atoms with Crippen LogP contribution in [0.25, 0.3) is 11.0 Å². The summed E-state index contributed by atoms with van der Waals surface area (Å²) in [5.74, 6) is 0.497. The number of aromatic amines is 1. The number of hydrogen-bond donors (Lipinski definition) is 3. The predicted octanol–water partition coefficient (Wildman–Crippen LogP) is 3.34. The summed E-state index contributed by atoms with van der Waals surface area (Å²) in [6.07, 6.45) is 0.826. The molecule has 3 N–H and O–H groups in total. The lowest BCUT2D eigenvalue weighted by molar-refractivity contribution is -0.114. The second kappa shape index (κ2) is 6.54. The quantitative estimate of drug-likeness (QED) is 0.688. The lowest BCUT2D eigenvalue weighted by Crippen LogP contribution is -2.13. The number of fused-ring (bicyclic) bond motifs is 1. The molecule has 122 valence electrons. The van der Waals surface area contributed by atoms with Gasteiger partial charge < -0.3 is 15.6 Å². The molecule has 3 aromatic rings. The first-order valence-electron chi connectivity index (χ1n) is 7.73. The Morgan fingerprint density at radius 3 is 2.62 bits per heavy atom. The molecule has 3 rings (SSSR count). The fourth-order valence-electron chi connectivity index (χ4n) is 2.45. The van der Waals surface area contributed by atoms with Gasteiger partial charge in [-0.05, 0) is 36.4 Å². The van der Waals surface area contributed by atoms with Crippen molar-refractivity contribution in [3.63, 3.8) is 0 Å². The van der Waals surface area contributed by atoms with Crippen LogP contribution in [0.3, 0.4) is 0 Å². The van der Waals surface area contributed by atoms with Crippen molar-refractivity contribution in [1.82, 2.24) is 9.97 Å². The molecule has 1 aromatic heterocycles. The van der Waals surface area contributed by atoms with E-state index < -0.39 is 0 Å². The second-order valence-corrected chi connectivity index (χ2v) is 5.49. The minimum atomic E-state index is -0.239. The van der Waals surface area contributed by atoms with E-state index in [0.29, 0.717) is 16.9 Å². The van der Waals surface area contributed by atoms with Crippen molar-refractivity contribution in [2.45, 2.75) is 20.3 Å². The first-order valence-corrected chi connectivity index (χ1v) is 7.73. The van der Waals surface area contributed by atoms with Crippen LogP contribution in [0.2, 0.25) is 0 Å². The van der Waals surface area contributed by atoms with Gasteiger partial charge >= 0.3 is 0 Å². The van der Waals surface area contributed by atoms with Crippen molar-refractivity contribution in [3.05, 3.63) is 53.9 Å². The van der Waals surface area contributed by atoms with Gasteiger partial charge in [0.15, 0.2) is 0 Å². The maximum absolute atomic E-state index is 12.4. The number of rotatable bonds is 4. The van der Waals surface area contributed by atoms with E-state index in [1.807, 2.05) is 25.1 Å². The average molecular weight is 322 g/mol. The zero-order valence-electron chi connectivity index (χ0n) is 13.5. The molecule has 0 aliphatic heterocycles. The highest BCUT2D eigenvalue weighted by Crippen LogP contribution is 2.19. The largest absolute Gasteiger partial charge is 0.342 e.